The van der Waals surface area contributed by atoms with Crippen molar-refractivity contribution < 1.29 is 23.9 Å². The number of urea groups is 1. The van der Waals surface area contributed by atoms with Gasteiger partial charge in [0, 0.05) is 24.7 Å². The molecule has 1 aliphatic carbocycles. The van der Waals surface area contributed by atoms with Crippen molar-refractivity contribution in [3.8, 4) is 0 Å². The van der Waals surface area contributed by atoms with Crippen molar-refractivity contribution in [1.29, 1.82) is 0 Å². The van der Waals surface area contributed by atoms with Gasteiger partial charge in [0.25, 0.3) is 5.91 Å². The van der Waals surface area contributed by atoms with Gasteiger partial charge in [-0.15, -0.1) is 0 Å². The maximum Gasteiger partial charge on any atom is 0.321 e. The standard InChI is InChI=1S/C19H23N3O5/c1-11-4-3-5-15(12(11)2)22-9-13(8-17(22)24)18(25)27-10-16(23)21-19(26)20-14-6-7-14/h3-5,13-14H,6-10H2,1-2H3,(H2,20,21,23,26)/t13-/m1/s1. The third-order valence-corrected chi connectivity index (χ3v) is 4.84. The van der Waals surface area contributed by atoms with Crippen LogP contribution in [0.3, 0.4) is 0 Å². The largest absolute Gasteiger partial charge is 0.455 e. The first kappa shape index (κ1) is 18.9. The van der Waals surface area contributed by atoms with Crippen molar-refractivity contribution in [3.63, 3.8) is 0 Å². The lowest BCUT2D eigenvalue weighted by Crippen LogP contribution is -2.42. The molecule has 0 spiro atoms. The predicted molar refractivity (Wildman–Crippen MR) is 97.0 cm³/mol. The summed E-state index contributed by atoms with van der Waals surface area (Å²) in [5, 5.41) is 4.72. The van der Waals surface area contributed by atoms with Gasteiger partial charge in [0.1, 0.15) is 0 Å². The zero-order valence-corrected chi connectivity index (χ0v) is 15.4. The zero-order valence-electron chi connectivity index (χ0n) is 15.4. The monoisotopic (exact) mass is 373 g/mol. The maximum absolute atomic E-state index is 12.3. The van der Waals surface area contributed by atoms with Crippen LogP contribution in [0.5, 0.6) is 0 Å². The summed E-state index contributed by atoms with van der Waals surface area (Å²) >= 11 is 0. The van der Waals surface area contributed by atoms with E-state index in [-0.39, 0.29) is 24.9 Å². The van der Waals surface area contributed by atoms with E-state index in [0.717, 1.165) is 29.7 Å². The summed E-state index contributed by atoms with van der Waals surface area (Å²) in [5.41, 5.74) is 2.83. The predicted octanol–water partition coefficient (Wildman–Crippen LogP) is 1.19. The first-order valence-electron chi connectivity index (χ1n) is 8.98. The second-order valence-corrected chi connectivity index (χ2v) is 7.03. The normalized spacial score (nSPS) is 19.0. The SMILES string of the molecule is Cc1cccc(N2C[C@H](C(=O)OCC(=O)NC(=O)NC3CC3)CC2=O)c1C. The molecule has 4 amide bonds. The number of amides is 4. The number of aryl methyl sites for hydroxylation is 1. The first-order valence-corrected chi connectivity index (χ1v) is 8.98. The van der Waals surface area contributed by atoms with E-state index in [9.17, 15) is 19.2 Å². The molecule has 0 unspecified atom stereocenters. The molecule has 8 nitrogen and oxygen atoms in total. The van der Waals surface area contributed by atoms with E-state index in [1.807, 2.05) is 32.0 Å². The number of carbonyl (C=O) groups excluding carboxylic acids is 4. The Morgan fingerprint density at radius 2 is 1.96 bits per heavy atom. The van der Waals surface area contributed by atoms with Crippen LogP contribution in [-0.4, -0.2) is 43.0 Å². The van der Waals surface area contributed by atoms with Crippen LogP contribution in [-0.2, 0) is 19.1 Å². The minimum absolute atomic E-state index is 0.0377. The van der Waals surface area contributed by atoms with Crippen LogP contribution in [0.15, 0.2) is 18.2 Å². The lowest BCUT2D eigenvalue weighted by Gasteiger charge is -2.20. The van der Waals surface area contributed by atoms with Crippen molar-refractivity contribution in [2.45, 2.75) is 39.2 Å². The lowest BCUT2D eigenvalue weighted by atomic mass is 10.1. The fourth-order valence-corrected chi connectivity index (χ4v) is 2.99. The Morgan fingerprint density at radius 3 is 2.67 bits per heavy atom. The highest BCUT2D eigenvalue weighted by molar-refractivity contribution is 6.00. The fraction of sp³-hybridized carbons (Fsp3) is 0.474. The summed E-state index contributed by atoms with van der Waals surface area (Å²) in [5.74, 6) is -2.10. The summed E-state index contributed by atoms with van der Waals surface area (Å²) < 4.78 is 4.99. The summed E-state index contributed by atoms with van der Waals surface area (Å²) in [7, 11) is 0. The molecule has 1 atom stereocenters. The number of imide groups is 1. The Balaban J connectivity index is 1.50. The highest BCUT2D eigenvalue weighted by Gasteiger charge is 2.37. The Morgan fingerprint density at radius 1 is 1.22 bits per heavy atom. The van der Waals surface area contributed by atoms with Gasteiger partial charge in [-0.3, -0.25) is 19.7 Å². The second-order valence-electron chi connectivity index (χ2n) is 7.03. The molecule has 2 aliphatic rings. The molecule has 1 aromatic rings. The molecule has 0 radical (unpaired) electrons. The van der Waals surface area contributed by atoms with Gasteiger partial charge < -0.3 is 15.0 Å². The van der Waals surface area contributed by atoms with Crippen LogP contribution in [0, 0.1) is 19.8 Å². The van der Waals surface area contributed by atoms with Crippen LogP contribution in [0.4, 0.5) is 10.5 Å². The van der Waals surface area contributed by atoms with Crippen molar-refractivity contribution in [1.82, 2.24) is 10.6 Å². The van der Waals surface area contributed by atoms with Gasteiger partial charge >= 0.3 is 12.0 Å². The molecule has 0 bridgehead atoms. The molecule has 27 heavy (non-hydrogen) atoms. The summed E-state index contributed by atoms with van der Waals surface area (Å²) in [6.07, 6.45) is 1.85. The van der Waals surface area contributed by atoms with Gasteiger partial charge in [-0.2, -0.15) is 0 Å². The minimum Gasteiger partial charge on any atom is -0.455 e. The van der Waals surface area contributed by atoms with Gasteiger partial charge in [-0.25, -0.2) is 4.79 Å². The number of esters is 1. The number of hydrogen-bond donors (Lipinski definition) is 2. The second kappa shape index (κ2) is 7.77. The number of nitrogens with zero attached hydrogens (tertiary/aromatic N) is 1. The molecule has 0 aromatic heterocycles. The Bertz CT molecular complexity index is 788. The Kier molecular flexibility index (Phi) is 5.43. The van der Waals surface area contributed by atoms with E-state index < -0.39 is 30.4 Å². The fourth-order valence-electron chi connectivity index (χ4n) is 2.99. The quantitative estimate of drug-likeness (QED) is 0.755. The summed E-state index contributed by atoms with van der Waals surface area (Å²) in [6.45, 7) is 3.56. The van der Waals surface area contributed by atoms with Crippen molar-refractivity contribution in [3.05, 3.63) is 29.3 Å². The van der Waals surface area contributed by atoms with Gasteiger partial charge in [0.15, 0.2) is 6.61 Å². The summed E-state index contributed by atoms with van der Waals surface area (Å²) in [6, 6.07) is 5.22. The van der Waals surface area contributed by atoms with Crippen molar-refractivity contribution in [2.24, 2.45) is 5.92 Å². The highest BCUT2D eigenvalue weighted by atomic mass is 16.5. The molecule has 1 heterocycles. The number of hydrogen-bond acceptors (Lipinski definition) is 5. The maximum atomic E-state index is 12.3. The first-order chi connectivity index (χ1) is 12.8. The number of nitrogens with one attached hydrogen (secondary N) is 2. The molecule has 8 heteroatoms. The van der Waals surface area contributed by atoms with Crippen molar-refractivity contribution >= 4 is 29.5 Å². The molecule has 2 N–H and O–H groups in total. The average molecular weight is 373 g/mol. The van der Waals surface area contributed by atoms with Gasteiger partial charge in [-0.1, -0.05) is 12.1 Å². The van der Waals surface area contributed by atoms with Crippen LogP contribution in [0.2, 0.25) is 0 Å². The van der Waals surface area contributed by atoms with Crippen LogP contribution in [0.25, 0.3) is 0 Å². The van der Waals surface area contributed by atoms with Gasteiger partial charge in [0.2, 0.25) is 5.91 Å². The van der Waals surface area contributed by atoms with Crippen molar-refractivity contribution in [2.75, 3.05) is 18.1 Å². The molecule has 3 rings (SSSR count). The zero-order chi connectivity index (χ0) is 19.6. The molecule has 144 valence electrons. The molecule has 1 aromatic carbocycles. The van der Waals surface area contributed by atoms with Gasteiger partial charge in [-0.05, 0) is 43.9 Å². The number of ether oxygens (including phenoxy) is 1. The smallest absolute Gasteiger partial charge is 0.321 e. The van der Waals surface area contributed by atoms with Crippen LogP contribution < -0.4 is 15.5 Å². The lowest BCUT2D eigenvalue weighted by molar-refractivity contribution is -0.152. The van der Waals surface area contributed by atoms with Gasteiger partial charge in [0.05, 0.1) is 5.92 Å². The molecular formula is C19H23N3O5. The molecule has 2 fully saturated rings. The van der Waals surface area contributed by atoms with E-state index >= 15 is 0 Å². The van der Waals surface area contributed by atoms with Crippen LogP contribution >= 0.6 is 0 Å². The Labute approximate surface area is 157 Å². The number of carbonyl (C=O) groups is 4. The number of rotatable bonds is 5. The third kappa shape index (κ3) is 4.64. The minimum atomic E-state index is -0.697. The van der Waals surface area contributed by atoms with E-state index in [1.165, 1.54) is 0 Å². The average Bonchev–Trinajstić information content (AvgIpc) is 3.34. The Hall–Kier alpha value is -2.90. The molecule has 1 saturated heterocycles. The number of benzene rings is 1. The molecule has 1 saturated carbocycles. The number of anilines is 1. The highest BCUT2D eigenvalue weighted by Crippen LogP contribution is 2.29. The third-order valence-electron chi connectivity index (χ3n) is 4.84. The molecular weight excluding hydrogens is 350 g/mol. The molecule has 1 aliphatic heterocycles. The van der Waals surface area contributed by atoms with E-state index in [1.54, 1.807) is 4.90 Å². The van der Waals surface area contributed by atoms with E-state index in [2.05, 4.69) is 10.6 Å². The topological polar surface area (TPSA) is 105 Å². The van der Waals surface area contributed by atoms with Crippen LogP contribution in [0.1, 0.15) is 30.4 Å². The van der Waals surface area contributed by atoms with E-state index in [0.29, 0.717) is 0 Å². The summed E-state index contributed by atoms with van der Waals surface area (Å²) in [4.78, 5) is 49.3. The van der Waals surface area contributed by atoms with E-state index in [4.69, 9.17) is 4.74 Å².